The third kappa shape index (κ3) is 4.63. The largest absolute Gasteiger partial charge is 0.424 e. The number of hydrogen-bond donors (Lipinski definition) is 0. The smallest absolute Gasteiger partial charge is 0.328 e. The van der Waals surface area contributed by atoms with Crippen LogP contribution in [0.1, 0.15) is 37.8 Å². The second-order valence-electron chi connectivity index (χ2n) is 6.44. The Labute approximate surface area is 169 Å². The molecule has 0 atom stereocenters. The van der Waals surface area contributed by atoms with Crippen molar-refractivity contribution >= 4 is 35.1 Å². The standard InChI is InChI=1S/C21H22Cl2O4/c1-5-21(6-2,19(24)26-17-11-13(3)7-9-15(17)22)20(25)27-18-12-14(4)8-10-16(18)23/h7-12H,5-6H2,1-4H3. The summed E-state index contributed by atoms with van der Waals surface area (Å²) in [4.78, 5) is 25.9. The number of halogens is 2. The minimum absolute atomic E-state index is 0.216. The number of ether oxygens (including phenoxy) is 2. The predicted octanol–water partition coefficient (Wildman–Crippen LogP) is 5.93. The molecular weight excluding hydrogens is 387 g/mol. The number of carbonyl (C=O) groups is 2. The molecule has 0 aliphatic rings. The third-order valence-electron chi connectivity index (χ3n) is 4.57. The van der Waals surface area contributed by atoms with Crippen LogP contribution in [0.15, 0.2) is 36.4 Å². The molecule has 0 unspecified atom stereocenters. The van der Waals surface area contributed by atoms with Crippen molar-refractivity contribution in [3.05, 3.63) is 57.6 Å². The van der Waals surface area contributed by atoms with Crippen LogP contribution >= 0.6 is 23.2 Å². The molecule has 144 valence electrons. The average molecular weight is 409 g/mol. The Morgan fingerprint density at radius 3 is 1.52 bits per heavy atom. The fraction of sp³-hybridized carbons (Fsp3) is 0.333. The summed E-state index contributed by atoms with van der Waals surface area (Å²) < 4.78 is 11.0. The molecule has 4 nitrogen and oxygen atoms in total. The second-order valence-corrected chi connectivity index (χ2v) is 7.25. The third-order valence-corrected chi connectivity index (χ3v) is 5.19. The van der Waals surface area contributed by atoms with Gasteiger partial charge in [-0.25, -0.2) is 0 Å². The maximum Gasteiger partial charge on any atom is 0.328 e. The van der Waals surface area contributed by atoms with Gasteiger partial charge in [-0.1, -0.05) is 49.2 Å². The lowest BCUT2D eigenvalue weighted by Gasteiger charge is -2.27. The SMILES string of the molecule is CCC(CC)(C(=O)Oc1cc(C)ccc1Cl)C(=O)Oc1cc(C)ccc1Cl. The Morgan fingerprint density at radius 2 is 1.19 bits per heavy atom. The Morgan fingerprint density at radius 1 is 0.815 bits per heavy atom. The van der Waals surface area contributed by atoms with E-state index in [0.29, 0.717) is 10.0 Å². The van der Waals surface area contributed by atoms with Crippen molar-refractivity contribution in [1.29, 1.82) is 0 Å². The first kappa shape index (κ1) is 21.3. The minimum atomic E-state index is -1.46. The highest BCUT2D eigenvalue weighted by Crippen LogP contribution is 2.35. The maximum absolute atomic E-state index is 12.9. The van der Waals surface area contributed by atoms with Crippen LogP contribution in [0, 0.1) is 19.3 Å². The summed E-state index contributed by atoms with van der Waals surface area (Å²) in [6.07, 6.45) is 0.433. The van der Waals surface area contributed by atoms with Crippen LogP contribution in [-0.4, -0.2) is 11.9 Å². The number of rotatable bonds is 6. The number of carbonyl (C=O) groups excluding carboxylic acids is 2. The summed E-state index contributed by atoms with van der Waals surface area (Å²) >= 11 is 12.2. The van der Waals surface area contributed by atoms with Gasteiger partial charge in [0, 0.05) is 0 Å². The van der Waals surface area contributed by atoms with Crippen LogP contribution in [0.25, 0.3) is 0 Å². The topological polar surface area (TPSA) is 52.6 Å². The Bertz CT molecular complexity index is 790. The molecule has 27 heavy (non-hydrogen) atoms. The van der Waals surface area contributed by atoms with E-state index in [1.807, 2.05) is 13.8 Å². The van der Waals surface area contributed by atoms with Crippen LogP contribution in [0.5, 0.6) is 11.5 Å². The summed E-state index contributed by atoms with van der Waals surface area (Å²) in [5.41, 5.74) is 0.310. The Hall–Kier alpha value is -2.04. The average Bonchev–Trinajstić information content (AvgIpc) is 2.63. The maximum atomic E-state index is 12.9. The molecule has 0 saturated carbocycles. The van der Waals surface area contributed by atoms with Crippen molar-refractivity contribution in [2.24, 2.45) is 5.41 Å². The second kappa shape index (κ2) is 8.77. The summed E-state index contributed by atoms with van der Waals surface area (Å²) in [6, 6.07) is 10.2. The Kier molecular flexibility index (Phi) is 6.90. The lowest BCUT2D eigenvalue weighted by molar-refractivity contribution is -0.161. The molecule has 0 radical (unpaired) electrons. The van der Waals surface area contributed by atoms with Crippen LogP contribution < -0.4 is 9.47 Å². The molecule has 0 fully saturated rings. The number of aryl methyl sites for hydroxylation is 2. The fourth-order valence-electron chi connectivity index (χ4n) is 2.68. The first-order valence-electron chi connectivity index (χ1n) is 8.70. The zero-order valence-electron chi connectivity index (χ0n) is 15.8. The summed E-state index contributed by atoms with van der Waals surface area (Å²) in [5, 5.41) is 0.593. The van der Waals surface area contributed by atoms with Gasteiger partial charge in [0.2, 0.25) is 0 Å². The van der Waals surface area contributed by atoms with Gasteiger partial charge in [0.1, 0.15) is 11.5 Å². The molecular formula is C21H22Cl2O4. The molecule has 2 aromatic rings. The van der Waals surface area contributed by atoms with Gasteiger partial charge in [-0.15, -0.1) is 0 Å². The molecule has 0 aliphatic carbocycles. The molecule has 6 heteroatoms. The molecule has 2 aromatic carbocycles. The van der Waals surface area contributed by atoms with E-state index < -0.39 is 17.4 Å². The van der Waals surface area contributed by atoms with E-state index in [1.54, 1.807) is 50.2 Å². The van der Waals surface area contributed by atoms with E-state index in [4.69, 9.17) is 32.7 Å². The van der Waals surface area contributed by atoms with E-state index in [1.165, 1.54) is 0 Å². The normalized spacial score (nSPS) is 11.2. The molecule has 0 aromatic heterocycles. The van der Waals surface area contributed by atoms with E-state index in [9.17, 15) is 9.59 Å². The fourth-order valence-corrected chi connectivity index (χ4v) is 3.00. The Balaban J connectivity index is 2.32. The van der Waals surface area contributed by atoms with E-state index in [2.05, 4.69) is 0 Å². The van der Waals surface area contributed by atoms with Gasteiger partial charge in [0.15, 0.2) is 5.41 Å². The first-order valence-corrected chi connectivity index (χ1v) is 9.46. The van der Waals surface area contributed by atoms with Crippen molar-refractivity contribution in [3.8, 4) is 11.5 Å². The highest BCUT2D eigenvalue weighted by atomic mass is 35.5. The van der Waals surface area contributed by atoms with E-state index >= 15 is 0 Å². The van der Waals surface area contributed by atoms with Crippen LogP contribution in [0.2, 0.25) is 10.0 Å². The van der Waals surface area contributed by atoms with Gasteiger partial charge in [-0.3, -0.25) is 9.59 Å². The van der Waals surface area contributed by atoms with E-state index in [-0.39, 0.29) is 24.3 Å². The number of esters is 2. The molecule has 0 N–H and O–H groups in total. The van der Waals surface area contributed by atoms with Crippen molar-refractivity contribution in [3.63, 3.8) is 0 Å². The van der Waals surface area contributed by atoms with Crippen molar-refractivity contribution in [1.82, 2.24) is 0 Å². The zero-order valence-corrected chi connectivity index (χ0v) is 17.3. The molecule has 0 bridgehead atoms. The minimum Gasteiger partial charge on any atom is -0.424 e. The molecule has 0 aliphatic heterocycles. The quantitative estimate of drug-likeness (QED) is 0.337. The van der Waals surface area contributed by atoms with Crippen molar-refractivity contribution < 1.29 is 19.1 Å². The highest BCUT2D eigenvalue weighted by Gasteiger charge is 2.47. The molecule has 0 spiro atoms. The molecule has 0 heterocycles. The van der Waals surface area contributed by atoms with E-state index in [0.717, 1.165) is 11.1 Å². The lowest BCUT2D eigenvalue weighted by atomic mass is 9.82. The highest BCUT2D eigenvalue weighted by molar-refractivity contribution is 6.32. The van der Waals surface area contributed by atoms with Gasteiger partial charge in [0.05, 0.1) is 10.0 Å². The zero-order chi connectivity index (χ0) is 20.2. The predicted molar refractivity (Wildman–Crippen MR) is 107 cm³/mol. The summed E-state index contributed by atoms with van der Waals surface area (Å²) in [6.45, 7) is 7.19. The van der Waals surface area contributed by atoms with Gasteiger partial charge in [-0.05, 0) is 62.1 Å². The number of hydrogen-bond acceptors (Lipinski definition) is 4. The van der Waals surface area contributed by atoms with Crippen molar-refractivity contribution in [2.75, 3.05) is 0 Å². The van der Waals surface area contributed by atoms with Gasteiger partial charge >= 0.3 is 11.9 Å². The molecule has 2 rings (SSSR count). The molecule has 0 amide bonds. The van der Waals surface area contributed by atoms with Crippen LogP contribution in [-0.2, 0) is 9.59 Å². The summed E-state index contributed by atoms with van der Waals surface area (Å²) in [7, 11) is 0. The van der Waals surface area contributed by atoms with Gasteiger partial charge < -0.3 is 9.47 Å². The molecule has 0 saturated heterocycles. The van der Waals surface area contributed by atoms with Crippen LogP contribution in [0.4, 0.5) is 0 Å². The van der Waals surface area contributed by atoms with Crippen LogP contribution in [0.3, 0.4) is 0 Å². The number of benzene rings is 2. The van der Waals surface area contributed by atoms with Gasteiger partial charge in [-0.2, -0.15) is 0 Å². The first-order chi connectivity index (χ1) is 12.7. The monoisotopic (exact) mass is 408 g/mol. The van der Waals surface area contributed by atoms with Gasteiger partial charge in [0.25, 0.3) is 0 Å². The van der Waals surface area contributed by atoms with Crippen molar-refractivity contribution in [2.45, 2.75) is 40.5 Å². The lowest BCUT2D eigenvalue weighted by Crippen LogP contribution is -2.44. The summed E-state index contributed by atoms with van der Waals surface area (Å²) in [5.74, 6) is -0.966.